The van der Waals surface area contributed by atoms with Crippen molar-refractivity contribution in [1.82, 2.24) is 0 Å². The molecule has 0 bridgehead atoms. The van der Waals surface area contributed by atoms with Gasteiger partial charge in [-0.25, -0.2) is 4.39 Å². The topological polar surface area (TPSA) is 55.2 Å². The summed E-state index contributed by atoms with van der Waals surface area (Å²) < 4.78 is 13.9. The molecule has 0 saturated carbocycles. The van der Waals surface area contributed by atoms with Gasteiger partial charge in [0.2, 0.25) is 0 Å². The maximum atomic E-state index is 13.2. The highest BCUT2D eigenvalue weighted by molar-refractivity contribution is 9.10. The number of nitro benzene ring substituents is 1. The third-order valence-corrected chi connectivity index (χ3v) is 3.96. The molecule has 110 valence electrons. The third kappa shape index (κ3) is 3.71. The number of anilines is 1. The van der Waals surface area contributed by atoms with Gasteiger partial charge >= 0.3 is 0 Å². The SMILES string of the molecule is CC(Nc1cc([N+](=O)[O-])ccc1Br)c1ccc(F)c(Cl)c1. The average molecular weight is 374 g/mol. The maximum Gasteiger partial charge on any atom is 0.271 e. The molecule has 4 nitrogen and oxygen atoms in total. The van der Waals surface area contributed by atoms with Crippen molar-refractivity contribution >= 4 is 38.9 Å². The van der Waals surface area contributed by atoms with Crippen LogP contribution >= 0.6 is 27.5 Å². The molecule has 0 aliphatic carbocycles. The summed E-state index contributed by atoms with van der Waals surface area (Å²) in [4.78, 5) is 10.3. The van der Waals surface area contributed by atoms with Crippen LogP contribution in [0.1, 0.15) is 18.5 Å². The van der Waals surface area contributed by atoms with Gasteiger partial charge in [0, 0.05) is 22.6 Å². The van der Waals surface area contributed by atoms with Crippen molar-refractivity contribution in [3.05, 3.63) is 67.4 Å². The first kappa shape index (κ1) is 15.7. The van der Waals surface area contributed by atoms with Gasteiger partial charge < -0.3 is 5.32 Å². The van der Waals surface area contributed by atoms with E-state index in [1.807, 2.05) is 6.92 Å². The van der Waals surface area contributed by atoms with Crippen molar-refractivity contribution in [1.29, 1.82) is 0 Å². The minimum Gasteiger partial charge on any atom is -0.377 e. The second-order valence-electron chi connectivity index (χ2n) is 4.46. The second kappa shape index (κ2) is 6.41. The molecule has 0 heterocycles. The Labute approximate surface area is 134 Å². The van der Waals surface area contributed by atoms with Crippen molar-refractivity contribution in [3.63, 3.8) is 0 Å². The standard InChI is InChI=1S/C14H11BrClFN2O2/c1-8(9-2-5-13(17)12(16)6-9)18-14-7-10(19(20)21)3-4-11(14)15/h2-8,18H,1H3. The van der Waals surface area contributed by atoms with Gasteiger partial charge in [-0.3, -0.25) is 10.1 Å². The van der Waals surface area contributed by atoms with Crippen LogP contribution in [0.3, 0.4) is 0 Å². The Morgan fingerprint density at radius 1 is 1.33 bits per heavy atom. The van der Waals surface area contributed by atoms with Gasteiger partial charge in [-0.05, 0) is 46.6 Å². The normalized spacial score (nSPS) is 12.0. The van der Waals surface area contributed by atoms with Gasteiger partial charge in [0.05, 0.1) is 15.6 Å². The van der Waals surface area contributed by atoms with Crippen LogP contribution in [-0.2, 0) is 0 Å². The fourth-order valence-corrected chi connectivity index (χ4v) is 2.39. The number of nitro groups is 1. The van der Waals surface area contributed by atoms with Crippen LogP contribution in [0.4, 0.5) is 15.8 Å². The van der Waals surface area contributed by atoms with Crippen LogP contribution < -0.4 is 5.32 Å². The number of non-ortho nitro benzene ring substituents is 1. The molecular formula is C14H11BrClFN2O2. The Hall–Kier alpha value is -1.66. The summed E-state index contributed by atoms with van der Waals surface area (Å²) in [5.74, 6) is -0.482. The third-order valence-electron chi connectivity index (χ3n) is 2.98. The van der Waals surface area contributed by atoms with E-state index in [0.29, 0.717) is 10.2 Å². The lowest BCUT2D eigenvalue weighted by molar-refractivity contribution is -0.384. The molecular weight excluding hydrogens is 363 g/mol. The molecule has 2 aromatic rings. The Balaban J connectivity index is 2.26. The Bertz CT molecular complexity index is 697. The minimum atomic E-state index is -0.482. The smallest absolute Gasteiger partial charge is 0.271 e. The quantitative estimate of drug-likeness (QED) is 0.582. The van der Waals surface area contributed by atoms with E-state index in [4.69, 9.17) is 11.6 Å². The number of benzene rings is 2. The zero-order valence-electron chi connectivity index (χ0n) is 10.9. The number of hydrogen-bond donors (Lipinski definition) is 1. The summed E-state index contributed by atoms with van der Waals surface area (Å²) in [6, 6.07) is 8.69. The molecule has 7 heteroatoms. The molecule has 0 aliphatic heterocycles. The molecule has 2 aromatic carbocycles. The second-order valence-corrected chi connectivity index (χ2v) is 5.72. The maximum absolute atomic E-state index is 13.2. The lowest BCUT2D eigenvalue weighted by Gasteiger charge is -2.17. The first-order valence-corrected chi connectivity index (χ1v) is 7.21. The summed E-state index contributed by atoms with van der Waals surface area (Å²) in [6.07, 6.45) is 0. The number of nitrogens with one attached hydrogen (secondary N) is 1. The van der Waals surface area contributed by atoms with E-state index in [1.54, 1.807) is 12.1 Å². The van der Waals surface area contributed by atoms with Crippen molar-refractivity contribution < 1.29 is 9.31 Å². The molecule has 0 aliphatic rings. The van der Waals surface area contributed by atoms with E-state index in [1.165, 1.54) is 24.3 Å². The van der Waals surface area contributed by atoms with Crippen LogP contribution in [0.15, 0.2) is 40.9 Å². The predicted molar refractivity (Wildman–Crippen MR) is 84.2 cm³/mol. The van der Waals surface area contributed by atoms with Gasteiger partial charge in [0.15, 0.2) is 0 Å². The molecule has 0 amide bonds. The molecule has 21 heavy (non-hydrogen) atoms. The molecule has 0 radical (unpaired) electrons. The van der Waals surface area contributed by atoms with Gasteiger partial charge in [-0.2, -0.15) is 0 Å². The van der Waals surface area contributed by atoms with Gasteiger partial charge in [-0.1, -0.05) is 17.7 Å². The Kier molecular flexibility index (Phi) is 4.80. The van der Waals surface area contributed by atoms with Gasteiger partial charge in [0.25, 0.3) is 5.69 Å². The molecule has 0 fully saturated rings. The molecule has 1 N–H and O–H groups in total. The summed E-state index contributed by atoms with van der Waals surface area (Å²) in [7, 11) is 0. The van der Waals surface area contributed by atoms with Crippen molar-refractivity contribution in [2.75, 3.05) is 5.32 Å². The van der Waals surface area contributed by atoms with E-state index in [0.717, 1.165) is 5.56 Å². The average Bonchev–Trinajstić information content (AvgIpc) is 2.43. The predicted octanol–water partition coefficient (Wildman–Crippen LogP) is 5.32. The summed E-state index contributed by atoms with van der Waals surface area (Å²) in [5, 5.41) is 14.0. The van der Waals surface area contributed by atoms with E-state index in [9.17, 15) is 14.5 Å². The molecule has 0 spiro atoms. The van der Waals surface area contributed by atoms with E-state index in [2.05, 4.69) is 21.2 Å². The zero-order chi connectivity index (χ0) is 15.6. The van der Waals surface area contributed by atoms with Crippen LogP contribution in [0, 0.1) is 15.9 Å². The highest BCUT2D eigenvalue weighted by Crippen LogP contribution is 2.31. The molecule has 2 rings (SSSR count). The lowest BCUT2D eigenvalue weighted by Crippen LogP contribution is -2.07. The highest BCUT2D eigenvalue weighted by atomic mass is 79.9. The number of hydrogen-bond acceptors (Lipinski definition) is 3. The largest absolute Gasteiger partial charge is 0.377 e. The number of nitrogens with zero attached hydrogens (tertiary/aromatic N) is 1. The number of halogens is 3. The van der Waals surface area contributed by atoms with Crippen LogP contribution in [0.2, 0.25) is 5.02 Å². The van der Waals surface area contributed by atoms with E-state index >= 15 is 0 Å². The van der Waals surface area contributed by atoms with Gasteiger partial charge in [0.1, 0.15) is 5.82 Å². The fourth-order valence-electron chi connectivity index (χ4n) is 1.84. The van der Waals surface area contributed by atoms with E-state index in [-0.39, 0.29) is 16.8 Å². The van der Waals surface area contributed by atoms with Crippen LogP contribution in [-0.4, -0.2) is 4.92 Å². The molecule has 1 unspecified atom stereocenters. The number of rotatable bonds is 4. The van der Waals surface area contributed by atoms with Crippen molar-refractivity contribution in [2.24, 2.45) is 0 Å². The first-order chi connectivity index (χ1) is 9.88. The van der Waals surface area contributed by atoms with Gasteiger partial charge in [-0.15, -0.1) is 0 Å². The monoisotopic (exact) mass is 372 g/mol. The van der Waals surface area contributed by atoms with Crippen LogP contribution in [0.5, 0.6) is 0 Å². The molecule has 0 saturated heterocycles. The molecule has 0 aromatic heterocycles. The summed E-state index contributed by atoms with van der Waals surface area (Å²) in [6.45, 7) is 1.86. The minimum absolute atomic E-state index is 0.00922. The molecule has 1 atom stereocenters. The highest BCUT2D eigenvalue weighted by Gasteiger charge is 2.13. The summed E-state index contributed by atoms with van der Waals surface area (Å²) >= 11 is 9.09. The zero-order valence-corrected chi connectivity index (χ0v) is 13.3. The Morgan fingerprint density at radius 3 is 2.67 bits per heavy atom. The van der Waals surface area contributed by atoms with Crippen molar-refractivity contribution in [3.8, 4) is 0 Å². The lowest BCUT2D eigenvalue weighted by atomic mass is 10.1. The fraction of sp³-hybridized carbons (Fsp3) is 0.143. The first-order valence-electron chi connectivity index (χ1n) is 6.04. The summed E-state index contributed by atoms with van der Waals surface area (Å²) in [5.41, 5.74) is 1.35. The van der Waals surface area contributed by atoms with Crippen molar-refractivity contribution in [2.45, 2.75) is 13.0 Å². The van der Waals surface area contributed by atoms with Crippen LogP contribution in [0.25, 0.3) is 0 Å². The Morgan fingerprint density at radius 2 is 2.05 bits per heavy atom. The van der Waals surface area contributed by atoms with E-state index < -0.39 is 10.7 Å².